The number of nitrogens with two attached hydrogens (primary N) is 2. The number of hydrogen-bond acceptors (Lipinski definition) is 6. The fourth-order valence-electron chi connectivity index (χ4n) is 2.61. The van der Waals surface area contributed by atoms with Crippen molar-refractivity contribution < 1.29 is 14.3 Å². The maximum absolute atomic E-state index is 11.8. The standard InChI is InChI=1S/C13H20N4O3S/c1-16-12(19)10-9(14)8(11(15)18)13(21-10)17-6-4-3-5-7(6)20-2/h6-7,17H,3-5,14H2,1-2H3,(H2,15,18)(H,16,19). The highest BCUT2D eigenvalue weighted by atomic mass is 32.1. The van der Waals surface area contributed by atoms with Crippen molar-refractivity contribution >= 4 is 33.8 Å². The second-order valence-corrected chi connectivity index (χ2v) is 5.97. The van der Waals surface area contributed by atoms with Crippen LogP contribution in [0.25, 0.3) is 0 Å². The summed E-state index contributed by atoms with van der Waals surface area (Å²) in [6, 6.07) is 0.0867. The van der Waals surface area contributed by atoms with Crippen LogP contribution in [0.15, 0.2) is 0 Å². The third kappa shape index (κ3) is 2.96. The van der Waals surface area contributed by atoms with E-state index in [1.807, 2.05) is 0 Å². The minimum absolute atomic E-state index is 0.0810. The minimum Gasteiger partial charge on any atom is -0.397 e. The van der Waals surface area contributed by atoms with Crippen LogP contribution in [0, 0.1) is 0 Å². The summed E-state index contributed by atoms with van der Waals surface area (Å²) >= 11 is 1.14. The summed E-state index contributed by atoms with van der Waals surface area (Å²) in [6.45, 7) is 0. The molecule has 0 radical (unpaired) electrons. The molecule has 2 amide bonds. The van der Waals surface area contributed by atoms with Crippen LogP contribution in [0.5, 0.6) is 0 Å². The summed E-state index contributed by atoms with van der Waals surface area (Å²) in [4.78, 5) is 23.7. The molecule has 1 aliphatic rings. The molecule has 1 aromatic rings. The number of primary amides is 1. The lowest BCUT2D eigenvalue weighted by molar-refractivity contribution is 0.0967. The SMILES string of the molecule is CNC(=O)c1sc(NC2CCCC2OC)c(C(N)=O)c1N. The average Bonchev–Trinajstić information content (AvgIpc) is 3.02. The van der Waals surface area contributed by atoms with Crippen LogP contribution in [0.3, 0.4) is 0 Å². The van der Waals surface area contributed by atoms with Gasteiger partial charge in [-0.05, 0) is 19.3 Å². The van der Waals surface area contributed by atoms with Crippen LogP contribution in [0.1, 0.15) is 39.3 Å². The highest BCUT2D eigenvalue weighted by Gasteiger charge is 2.30. The Labute approximate surface area is 127 Å². The number of carbonyl (C=O) groups is 2. The van der Waals surface area contributed by atoms with Crippen molar-refractivity contribution in [1.82, 2.24) is 5.32 Å². The van der Waals surface area contributed by atoms with Crippen molar-refractivity contribution in [1.29, 1.82) is 0 Å². The Bertz CT molecular complexity index is 558. The molecule has 0 aromatic carbocycles. The smallest absolute Gasteiger partial charge is 0.263 e. The van der Waals surface area contributed by atoms with Crippen molar-refractivity contribution in [2.24, 2.45) is 5.73 Å². The van der Waals surface area contributed by atoms with E-state index in [0.717, 1.165) is 30.6 Å². The molecule has 21 heavy (non-hydrogen) atoms. The molecule has 0 bridgehead atoms. The molecule has 1 saturated carbocycles. The van der Waals surface area contributed by atoms with Crippen molar-refractivity contribution in [3.63, 3.8) is 0 Å². The fraction of sp³-hybridized carbons (Fsp3) is 0.538. The van der Waals surface area contributed by atoms with Gasteiger partial charge in [0.25, 0.3) is 11.8 Å². The molecule has 2 rings (SSSR count). The van der Waals surface area contributed by atoms with Gasteiger partial charge in [0.2, 0.25) is 0 Å². The van der Waals surface area contributed by atoms with Crippen molar-refractivity contribution in [3.8, 4) is 0 Å². The summed E-state index contributed by atoms with van der Waals surface area (Å²) in [5, 5.41) is 6.30. The third-order valence-corrected chi connectivity index (χ3v) is 4.83. The van der Waals surface area contributed by atoms with Gasteiger partial charge in [0.1, 0.15) is 9.88 Å². The highest BCUT2D eigenvalue weighted by Crippen LogP contribution is 2.37. The lowest BCUT2D eigenvalue weighted by Gasteiger charge is -2.20. The van der Waals surface area contributed by atoms with Crippen LogP contribution < -0.4 is 22.1 Å². The second kappa shape index (κ2) is 6.31. The molecule has 0 aliphatic heterocycles. The molecule has 2 unspecified atom stereocenters. The zero-order valence-electron chi connectivity index (χ0n) is 12.1. The number of nitrogens with one attached hydrogen (secondary N) is 2. The van der Waals surface area contributed by atoms with Gasteiger partial charge in [-0.15, -0.1) is 11.3 Å². The predicted octanol–water partition coefficient (Wildman–Crippen LogP) is 0.768. The summed E-state index contributed by atoms with van der Waals surface area (Å²) in [5.74, 6) is -0.976. The Morgan fingerprint density at radius 1 is 1.38 bits per heavy atom. The second-order valence-electron chi connectivity index (χ2n) is 4.95. The number of methoxy groups -OCH3 is 1. The first-order valence-electron chi connectivity index (χ1n) is 6.73. The molecule has 116 valence electrons. The normalized spacial score (nSPS) is 21.2. The van der Waals surface area contributed by atoms with Crippen molar-refractivity contribution in [2.45, 2.75) is 31.4 Å². The number of ether oxygens (including phenoxy) is 1. The molecule has 2 atom stereocenters. The Balaban J connectivity index is 2.34. The van der Waals surface area contributed by atoms with E-state index < -0.39 is 5.91 Å². The zero-order valence-corrected chi connectivity index (χ0v) is 12.9. The maximum Gasteiger partial charge on any atom is 0.263 e. The number of nitrogen functional groups attached to an aromatic ring is 1. The van der Waals surface area contributed by atoms with Gasteiger partial charge < -0.3 is 26.8 Å². The van der Waals surface area contributed by atoms with E-state index in [-0.39, 0.29) is 29.3 Å². The Hall–Kier alpha value is -1.80. The topological polar surface area (TPSA) is 119 Å². The Kier molecular flexibility index (Phi) is 4.69. The van der Waals surface area contributed by atoms with Gasteiger partial charge in [-0.3, -0.25) is 9.59 Å². The summed E-state index contributed by atoms with van der Waals surface area (Å²) in [5.41, 5.74) is 11.6. The number of hydrogen-bond donors (Lipinski definition) is 4. The molecule has 0 spiro atoms. The van der Waals surface area contributed by atoms with Gasteiger partial charge in [0, 0.05) is 14.2 Å². The Morgan fingerprint density at radius 3 is 2.67 bits per heavy atom. The fourth-order valence-corrected chi connectivity index (χ4v) is 3.75. The van der Waals surface area contributed by atoms with Gasteiger partial charge in [-0.1, -0.05) is 0 Å². The molecule has 8 heteroatoms. The number of amides is 2. The third-order valence-electron chi connectivity index (χ3n) is 3.70. The monoisotopic (exact) mass is 312 g/mol. The van der Waals surface area contributed by atoms with Gasteiger partial charge in [0.05, 0.1) is 23.4 Å². The van der Waals surface area contributed by atoms with E-state index in [0.29, 0.717) is 9.88 Å². The first-order valence-corrected chi connectivity index (χ1v) is 7.54. The quantitative estimate of drug-likeness (QED) is 0.640. The molecule has 7 nitrogen and oxygen atoms in total. The summed E-state index contributed by atoms with van der Waals surface area (Å²) < 4.78 is 5.42. The predicted molar refractivity (Wildman–Crippen MR) is 82.7 cm³/mol. The average molecular weight is 312 g/mol. The van der Waals surface area contributed by atoms with E-state index in [1.54, 1.807) is 7.11 Å². The van der Waals surface area contributed by atoms with E-state index in [4.69, 9.17) is 16.2 Å². The lowest BCUT2D eigenvalue weighted by Crippen LogP contribution is -2.30. The molecular weight excluding hydrogens is 292 g/mol. The Morgan fingerprint density at radius 2 is 2.10 bits per heavy atom. The van der Waals surface area contributed by atoms with Gasteiger partial charge in [-0.2, -0.15) is 0 Å². The lowest BCUT2D eigenvalue weighted by atomic mass is 10.2. The van der Waals surface area contributed by atoms with Crippen LogP contribution >= 0.6 is 11.3 Å². The van der Waals surface area contributed by atoms with Crippen molar-refractivity contribution in [2.75, 3.05) is 25.2 Å². The molecule has 1 heterocycles. The summed E-state index contributed by atoms with van der Waals surface area (Å²) in [7, 11) is 3.18. The van der Waals surface area contributed by atoms with E-state index >= 15 is 0 Å². The number of anilines is 2. The molecule has 6 N–H and O–H groups in total. The van der Waals surface area contributed by atoms with Crippen molar-refractivity contribution in [3.05, 3.63) is 10.4 Å². The first kappa shape index (κ1) is 15.6. The van der Waals surface area contributed by atoms with Crippen LogP contribution in [-0.4, -0.2) is 38.1 Å². The molecule has 1 fully saturated rings. The largest absolute Gasteiger partial charge is 0.397 e. The van der Waals surface area contributed by atoms with Crippen LogP contribution in [0.2, 0.25) is 0 Å². The molecule has 1 aliphatic carbocycles. The van der Waals surface area contributed by atoms with Crippen LogP contribution in [-0.2, 0) is 4.74 Å². The number of thiophene rings is 1. The van der Waals surface area contributed by atoms with Crippen LogP contribution in [0.4, 0.5) is 10.7 Å². The first-order chi connectivity index (χ1) is 9.99. The zero-order chi connectivity index (χ0) is 15.6. The molecule has 0 saturated heterocycles. The molecular formula is C13H20N4O3S. The van der Waals surface area contributed by atoms with Gasteiger partial charge in [0.15, 0.2) is 0 Å². The minimum atomic E-state index is -0.645. The van der Waals surface area contributed by atoms with Gasteiger partial charge in [-0.25, -0.2) is 0 Å². The van der Waals surface area contributed by atoms with E-state index in [9.17, 15) is 9.59 Å². The maximum atomic E-state index is 11.8. The highest BCUT2D eigenvalue weighted by molar-refractivity contribution is 7.19. The molecule has 1 aromatic heterocycles. The van der Waals surface area contributed by atoms with E-state index in [1.165, 1.54) is 7.05 Å². The number of rotatable bonds is 5. The number of carbonyl (C=O) groups excluding carboxylic acids is 2. The summed E-state index contributed by atoms with van der Waals surface area (Å²) in [6.07, 6.45) is 3.02. The van der Waals surface area contributed by atoms with Gasteiger partial charge >= 0.3 is 0 Å². The van der Waals surface area contributed by atoms with E-state index in [2.05, 4.69) is 10.6 Å².